The number of ether oxygens (including phenoxy) is 1. The molecule has 0 bridgehead atoms. The summed E-state index contributed by atoms with van der Waals surface area (Å²) >= 11 is 0. The first-order valence-electron chi connectivity index (χ1n) is 6.49. The molecule has 1 aromatic heterocycles. The Bertz CT molecular complexity index is 665. The van der Waals surface area contributed by atoms with Crippen LogP contribution < -0.4 is 10.1 Å². The van der Waals surface area contributed by atoms with E-state index >= 15 is 0 Å². The number of nitrogens with one attached hydrogen (secondary N) is 2. The number of carbonyl (C=O) groups is 1. The zero-order chi connectivity index (χ0) is 15.2. The molecule has 0 aliphatic rings. The fourth-order valence-corrected chi connectivity index (χ4v) is 1.81. The largest absolute Gasteiger partial charge is 0.494 e. The number of rotatable bonds is 5. The van der Waals surface area contributed by atoms with Gasteiger partial charge in [0.2, 0.25) is 5.91 Å². The van der Waals surface area contributed by atoms with Crippen molar-refractivity contribution in [2.24, 2.45) is 0 Å². The number of amides is 1. The Kier molecular flexibility index (Phi) is 4.71. The van der Waals surface area contributed by atoms with Crippen molar-refractivity contribution in [3.8, 4) is 5.75 Å². The molecule has 1 amide bonds. The van der Waals surface area contributed by atoms with E-state index in [0.717, 1.165) is 12.0 Å². The van der Waals surface area contributed by atoms with Crippen molar-refractivity contribution in [3.05, 3.63) is 47.4 Å². The molecule has 0 spiro atoms. The fourth-order valence-electron chi connectivity index (χ4n) is 1.81. The molecule has 2 N–H and O–H groups in total. The lowest BCUT2D eigenvalue weighted by Gasteiger charge is -2.02. The fraction of sp³-hybridized carbons (Fsp3) is 0.200. The minimum Gasteiger partial charge on any atom is -0.494 e. The Morgan fingerprint density at radius 2 is 2.33 bits per heavy atom. The number of hydrogen-bond donors (Lipinski definition) is 2. The van der Waals surface area contributed by atoms with Crippen LogP contribution in [0.15, 0.2) is 30.5 Å². The third-order valence-electron chi connectivity index (χ3n) is 2.95. The highest BCUT2D eigenvalue weighted by molar-refractivity contribution is 6.01. The Hall–Kier alpha value is -2.63. The van der Waals surface area contributed by atoms with Crippen molar-refractivity contribution in [1.82, 2.24) is 10.2 Å². The number of aryl methyl sites for hydroxylation is 1. The van der Waals surface area contributed by atoms with Gasteiger partial charge in [-0.1, -0.05) is 13.0 Å². The summed E-state index contributed by atoms with van der Waals surface area (Å²) < 4.78 is 18.3. The van der Waals surface area contributed by atoms with Gasteiger partial charge < -0.3 is 10.1 Å². The van der Waals surface area contributed by atoms with Gasteiger partial charge in [-0.2, -0.15) is 5.10 Å². The van der Waals surface area contributed by atoms with Crippen molar-refractivity contribution in [2.45, 2.75) is 13.3 Å². The normalized spacial score (nSPS) is 10.8. The number of anilines is 1. The van der Waals surface area contributed by atoms with Crippen LogP contribution in [0.3, 0.4) is 0 Å². The molecule has 2 aromatic rings. The quantitative estimate of drug-likeness (QED) is 0.832. The number of methoxy groups -OCH3 is 1. The summed E-state index contributed by atoms with van der Waals surface area (Å²) in [4.78, 5) is 11.8. The molecule has 5 nitrogen and oxygen atoms in total. The minimum absolute atomic E-state index is 0.168. The summed E-state index contributed by atoms with van der Waals surface area (Å²) in [5.74, 6) is -0.0400. The molecule has 0 fully saturated rings. The topological polar surface area (TPSA) is 67.0 Å². The Morgan fingerprint density at radius 3 is 3.00 bits per heavy atom. The number of aromatic amines is 1. The molecular formula is C15H16FN3O2. The van der Waals surface area contributed by atoms with E-state index < -0.39 is 5.82 Å². The monoisotopic (exact) mass is 289 g/mol. The summed E-state index contributed by atoms with van der Waals surface area (Å²) in [5, 5.41) is 9.27. The summed E-state index contributed by atoms with van der Waals surface area (Å²) in [6, 6.07) is 4.48. The average Bonchev–Trinajstić information content (AvgIpc) is 2.92. The first-order chi connectivity index (χ1) is 10.1. The molecule has 0 aliphatic heterocycles. The van der Waals surface area contributed by atoms with Crippen LogP contribution in [0.2, 0.25) is 0 Å². The van der Waals surface area contributed by atoms with E-state index in [2.05, 4.69) is 15.5 Å². The van der Waals surface area contributed by atoms with Crippen LogP contribution in [0.25, 0.3) is 6.08 Å². The van der Waals surface area contributed by atoms with E-state index in [1.807, 2.05) is 6.92 Å². The number of halogens is 1. The van der Waals surface area contributed by atoms with E-state index in [9.17, 15) is 9.18 Å². The van der Waals surface area contributed by atoms with Gasteiger partial charge in [-0.3, -0.25) is 9.89 Å². The number of benzene rings is 1. The number of H-pyrrole nitrogens is 1. The lowest BCUT2D eigenvalue weighted by atomic mass is 10.2. The van der Waals surface area contributed by atoms with Crippen LogP contribution in [0.4, 0.5) is 10.2 Å². The van der Waals surface area contributed by atoms with E-state index in [1.54, 1.807) is 12.3 Å². The molecule has 0 saturated heterocycles. The maximum Gasteiger partial charge on any atom is 0.249 e. The lowest BCUT2D eigenvalue weighted by Crippen LogP contribution is -2.09. The molecule has 0 aliphatic carbocycles. The second-order valence-corrected chi connectivity index (χ2v) is 4.34. The van der Waals surface area contributed by atoms with E-state index in [1.165, 1.54) is 31.4 Å². The molecule has 1 aromatic carbocycles. The Labute approximate surface area is 121 Å². The summed E-state index contributed by atoms with van der Waals surface area (Å²) in [7, 11) is 1.40. The second-order valence-electron chi connectivity index (χ2n) is 4.34. The second kappa shape index (κ2) is 6.69. The molecule has 1 heterocycles. The van der Waals surface area contributed by atoms with E-state index in [-0.39, 0.29) is 11.7 Å². The van der Waals surface area contributed by atoms with Crippen molar-refractivity contribution in [2.75, 3.05) is 12.4 Å². The van der Waals surface area contributed by atoms with Gasteiger partial charge in [-0.05, 0) is 30.2 Å². The van der Waals surface area contributed by atoms with E-state index in [4.69, 9.17) is 4.74 Å². The maximum atomic E-state index is 13.5. The molecule has 0 radical (unpaired) electrons. The van der Waals surface area contributed by atoms with Crippen LogP contribution in [0.1, 0.15) is 18.1 Å². The van der Waals surface area contributed by atoms with Crippen molar-refractivity contribution >= 4 is 17.8 Å². The van der Waals surface area contributed by atoms with Crippen molar-refractivity contribution in [1.29, 1.82) is 0 Å². The lowest BCUT2D eigenvalue weighted by molar-refractivity contribution is -0.111. The molecule has 0 atom stereocenters. The smallest absolute Gasteiger partial charge is 0.249 e. The Morgan fingerprint density at radius 1 is 1.52 bits per heavy atom. The number of hydrogen-bond acceptors (Lipinski definition) is 3. The SMILES string of the molecule is CCc1cn[nH]c1NC(=O)/C=C/c1ccc(OC)c(F)c1. The Balaban J connectivity index is 2.03. The highest BCUT2D eigenvalue weighted by atomic mass is 19.1. The number of nitrogens with zero attached hydrogens (tertiary/aromatic N) is 1. The van der Waals surface area contributed by atoms with Gasteiger partial charge in [0.15, 0.2) is 11.6 Å². The third-order valence-corrected chi connectivity index (χ3v) is 2.95. The van der Waals surface area contributed by atoms with E-state index in [0.29, 0.717) is 11.4 Å². The predicted octanol–water partition coefficient (Wildman–Crippen LogP) is 2.77. The molecule has 0 saturated carbocycles. The van der Waals surface area contributed by atoms with Crippen LogP contribution in [-0.4, -0.2) is 23.2 Å². The first-order valence-corrected chi connectivity index (χ1v) is 6.49. The van der Waals surface area contributed by atoms with Gasteiger partial charge in [-0.15, -0.1) is 0 Å². The first kappa shape index (κ1) is 14.8. The third kappa shape index (κ3) is 3.68. The van der Waals surface area contributed by atoms with Gasteiger partial charge in [0.1, 0.15) is 5.82 Å². The molecular weight excluding hydrogens is 273 g/mol. The summed E-state index contributed by atoms with van der Waals surface area (Å²) in [6.07, 6.45) is 5.29. The van der Waals surface area contributed by atoms with Crippen molar-refractivity contribution < 1.29 is 13.9 Å². The summed E-state index contributed by atoms with van der Waals surface area (Å²) in [6.45, 7) is 1.97. The minimum atomic E-state index is -0.470. The maximum absolute atomic E-state index is 13.5. The van der Waals surface area contributed by atoms with Gasteiger partial charge in [-0.25, -0.2) is 4.39 Å². The number of carbonyl (C=O) groups excluding carboxylic acids is 1. The van der Waals surface area contributed by atoms with Crippen LogP contribution in [0, 0.1) is 5.82 Å². The molecule has 21 heavy (non-hydrogen) atoms. The highest BCUT2D eigenvalue weighted by Crippen LogP contribution is 2.18. The van der Waals surface area contributed by atoms with Crippen LogP contribution >= 0.6 is 0 Å². The van der Waals surface area contributed by atoms with Crippen LogP contribution in [-0.2, 0) is 11.2 Å². The van der Waals surface area contributed by atoms with Crippen molar-refractivity contribution in [3.63, 3.8) is 0 Å². The van der Waals surface area contributed by atoms with Gasteiger partial charge >= 0.3 is 0 Å². The molecule has 110 valence electrons. The average molecular weight is 289 g/mol. The zero-order valence-corrected chi connectivity index (χ0v) is 11.8. The highest BCUT2D eigenvalue weighted by Gasteiger charge is 2.05. The van der Waals surface area contributed by atoms with Gasteiger partial charge in [0, 0.05) is 11.6 Å². The molecule has 0 unspecified atom stereocenters. The predicted molar refractivity (Wildman–Crippen MR) is 78.6 cm³/mol. The number of aromatic nitrogens is 2. The standard InChI is InChI=1S/C15H16FN3O2/c1-3-11-9-17-19-15(11)18-14(20)7-5-10-4-6-13(21-2)12(16)8-10/h4-9H,3H2,1-2H3,(H2,17,18,19,20)/b7-5+. The van der Waals surface area contributed by atoms with Crippen LogP contribution in [0.5, 0.6) is 5.75 Å². The van der Waals surface area contributed by atoms with Gasteiger partial charge in [0.05, 0.1) is 13.3 Å². The van der Waals surface area contributed by atoms with Gasteiger partial charge in [0.25, 0.3) is 0 Å². The summed E-state index contributed by atoms with van der Waals surface area (Å²) in [5.41, 5.74) is 1.50. The molecule has 2 rings (SSSR count). The zero-order valence-electron chi connectivity index (χ0n) is 11.8. The molecule has 6 heteroatoms.